The van der Waals surface area contributed by atoms with Gasteiger partial charge in [-0.05, 0) is 13.8 Å². The average molecular weight is 271 g/mol. The van der Waals surface area contributed by atoms with E-state index in [2.05, 4.69) is 21.1 Å². The van der Waals surface area contributed by atoms with Crippen LogP contribution in [0.4, 0.5) is 22.0 Å². The van der Waals surface area contributed by atoms with Crippen LogP contribution in [0.3, 0.4) is 0 Å². The summed E-state index contributed by atoms with van der Waals surface area (Å²) in [6, 6.07) is 0. The Kier molecular flexibility index (Phi) is 4.93. The number of alkyl halides is 6. The Morgan fingerprint density at radius 2 is 1.62 bits per heavy atom. The molecule has 0 heterocycles. The van der Waals surface area contributed by atoms with Crippen LogP contribution in [-0.2, 0) is 14.3 Å². The Morgan fingerprint density at radius 3 is 1.94 bits per heavy atom. The molecule has 0 saturated heterocycles. The quantitative estimate of drug-likeness (QED) is 0.448. The average Bonchev–Trinajstić information content (AvgIpc) is 1.99. The maximum absolute atomic E-state index is 12.7. The lowest BCUT2D eigenvalue weighted by Crippen LogP contribution is -2.41. The molecule has 0 saturated carbocycles. The molecule has 0 spiro atoms. The van der Waals surface area contributed by atoms with E-state index in [-0.39, 0.29) is 0 Å². The SMILES string of the molecule is CC(C)OC(=O)C(F)(F)OC(Cl)C(F)(F)F. The van der Waals surface area contributed by atoms with Crippen molar-refractivity contribution in [1.29, 1.82) is 0 Å². The third kappa shape index (κ3) is 4.93. The molecule has 0 bridgehead atoms. The molecule has 16 heavy (non-hydrogen) atoms. The predicted octanol–water partition coefficient (Wildman–Crippen LogP) is 2.67. The van der Waals surface area contributed by atoms with Gasteiger partial charge in [-0.2, -0.15) is 22.0 Å². The molecule has 0 aromatic rings. The minimum atomic E-state index is -5.21. The highest BCUT2D eigenvalue weighted by Gasteiger charge is 2.51. The van der Waals surface area contributed by atoms with Crippen molar-refractivity contribution in [3.8, 4) is 0 Å². The molecule has 0 aliphatic carbocycles. The molecule has 3 nitrogen and oxygen atoms in total. The molecule has 96 valence electrons. The maximum Gasteiger partial charge on any atom is 0.457 e. The van der Waals surface area contributed by atoms with Gasteiger partial charge in [0.05, 0.1) is 6.10 Å². The molecular formula is C7H8ClF5O3. The molecule has 0 aliphatic rings. The van der Waals surface area contributed by atoms with E-state index in [0.717, 1.165) is 0 Å². The maximum atomic E-state index is 12.7. The fourth-order valence-electron chi connectivity index (χ4n) is 0.528. The molecular weight excluding hydrogens is 263 g/mol. The third-order valence-corrected chi connectivity index (χ3v) is 1.43. The van der Waals surface area contributed by atoms with E-state index < -0.39 is 29.9 Å². The van der Waals surface area contributed by atoms with Crippen molar-refractivity contribution in [1.82, 2.24) is 0 Å². The molecule has 0 aromatic carbocycles. The van der Waals surface area contributed by atoms with Gasteiger partial charge in [0.25, 0.3) is 0 Å². The van der Waals surface area contributed by atoms with Crippen LogP contribution in [0.2, 0.25) is 0 Å². The van der Waals surface area contributed by atoms with Gasteiger partial charge >= 0.3 is 18.3 Å². The fourth-order valence-corrected chi connectivity index (χ4v) is 0.639. The van der Waals surface area contributed by atoms with Crippen molar-refractivity contribution in [2.24, 2.45) is 0 Å². The number of carbonyl (C=O) groups is 1. The lowest BCUT2D eigenvalue weighted by Gasteiger charge is -2.21. The van der Waals surface area contributed by atoms with E-state index in [1.165, 1.54) is 13.8 Å². The second-order valence-electron chi connectivity index (χ2n) is 2.95. The molecule has 0 amide bonds. The lowest BCUT2D eigenvalue weighted by atomic mass is 10.5. The highest BCUT2D eigenvalue weighted by molar-refractivity contribution is 6.20. The molecule has 0 aromatic heterocycles. The Hall–Kier alpha value is -0.630. The number of hydrogen-bond donors (Lipinski definition) is 0. The zero-order valence-electron chi connectivity index (χ0n) is 8.15. The predicted molar refractivity (Wildman–Crippen MR) is 43.0 cm³/mol. The molecule has 0 N–H and O–H groups in total. The number of halogens is 6. The normalized spacial score (nSPS) is 15.1. The van der Waals surface area contributed by atoms with E-state index in [4.69, 9.17) is 0 Å². The standard InChI is InChI=1S/C7H8ClF5O3/c1-3(2)15-5(14)7(12,13)16-4(8)6(9,10)11/h3-4H,1-2H3. The molecule has 1 unspecified atom stereocenters. The number of rotatable bonds is 4. The van der Waals surface area contributed by atoms with Crippen LogP contribution in [-0.4, -0.2) is 29.9 Å². The Bertz CT molecular complexity index is 253. The van der Waals surface area contributed by atoms with Gasteiger partial charge < -0.3 is 4.74 Å². The number of esters is 1. The summed E-state index contributed by atoms with van der Waals surface area (Å²) in [7, 11) is 0. The van der Waals surface area contributed by atoms with Crippen LogP contribution in [0.1, 0.15) is 13.8 Å². The third-order valence-electron chi connectivity index (χ3n) is 1.09. The van der Waals surface area contributed by atoms with Crippen LogP contribution in [0.15, 0.2) is 0 Å². The number of hydrogen-bond acceptors (Lipinski definition) is 3. The molecule has 0 aliphatic heterocycles. The fraction of sp³-hybridized carbons (Fsp3) is 0.857. The van der Waals surface area contributed by atoms with E-state index in [1.807, 2.05) is 0 Å². The van der Waals surface area contributed by atoms with Gasteiger partial charge in [-0.15, -0.1) is 0 Å². The van der Waals surface area contributed by atoms with Crippen molar-refractivity contribution in [2.45, 2.75) is 37.8 Å². The summed E-state index contributed by atoms with van der Waals surface area (Å²) in [5, 5.41) is 0. The topological polar surface area (TPSA) is 35.5 Å². The van der Waals surface area contributed by atoms with Crippen LogP contribution < -0.4 is 0 Å². The van der Waals surface area contributed by atoms with E-state index in [1.54, 1.807) is 0 Å². The summed E-state index contributed by atoms with van der Waals surface area (Å²) in [6.45, 7) is 2.49. The molecule has 9 heteroatoms. The minimum absolute atomic E-state index is 0.915. The van der Waals surface area contributed by atoms with E-state index in [0.29, 0.717) is 0 Å². The minimum Gasteiger partial charge on any atom is -0.457 e. The molecule has 0 radical (unpaired) electrons. The smallest absolute Gasteiger partial charge is 0.457 e. The first-order chi connectivity index (χ1) is 6.97. The largest absolute Gasteiger partial charge is 0.457 e. The Labute approximate surface area is 92.4 Å². The number of ether oxygens (including phenoxy) is 2. The lowest BCUT2D eigenvalue weighted by molar-refractivity contribution is -0.299. The molecule has 1 atom stereocenters. The number of carbonyl (C=O) groups excluding carboxylic acids is 1. The van der Waals surface area contributed by atoms with E-state index in [9.17, 15) is 26.7 Å². The van der Waals surface area contributed by atoms with Gasteiger partial charge in [-0.25, -0.2) is 4.79 Å². The van der Waals surface area contributed by atoms with Gasteiger partial charge in [0.1, 0.15) is 0 Å². The van der Waals surface area contributed by atoms with Gasteiger partial charge in [-0.1, -0.05) is 11.6 Å². The summed E-state index contributed by atoms with van der Waals surface area (Å²) in [4.78, 5) is 10.6. The summed E-state index contributed by atoms with van der Waals surface area (Å²) in [6.07, 6.45) is -10.9. The zero-order valence-corrected chi connectivity index (χ0v) is 8.90. The summed E-state index contributed by atoms with van der Waals surface area (Å²) >= 11 is 4.49. The summed E-state index contributed by atoms with van der Waals surface area (Å²) < 4.78 is 67.7. The van der Waals surface area contributed by atoms with E-state index >= 15 is 0 Å². The first-order valence-electron chi connectivity index (χ1n) is 3.94. The Morgan fingerprint density at radius 1 is 1.19 bits per heavy atom. The van der Waals surface area contributed by atoms with Crippen molar-refractivity contribution < 1.29 is 36.2 Å². The monoisotopic (exact) mass is 270 g/mol. The highest BCUT2D eigenvalue weighted by Crippen LogP contribution is 2.31. The summed E-state index contributed by atoms with van der Waals surface area (Å²) in [5.41, 5.74) is -3.29. The van der Waals surface area contributed by atoms with Crippen LogP contribution >= 0.6 is 11.6 Å². The zero-order chi connectivity index (χ0) is 13.1. The molecule has 0 rings (SSSR count). The van der Waals surface area contributed by atoms with Crippen LogP contribution in [0, 0.1) is 0 Å². The Balaban J connectivity index is 4.51. The second kappa shape index (κ2) is 5.13. The van der Waals surface area contributed by atoms with Gasteiger partial charge in [0.15, 0.2) is 0 Å². The second-order valence-corrected chi connectivity index (χ2v) is 3.34. The van der Waals surface area contributed by atoms with Gasteiger partial charge in [0, 0.05) is 0 Å². The van der Waals surface area contributed by atoms with Crippen LogP contribution in [0.5, 0.6) is 0 Å². The van der Waals surface area contributed by atoms with Gasteiger partial charge in [-0.3, -0.25) is 4.74 Å². The van der Waals surface area contributed by atoms with Gasteiger partial charge in [0.2, 0.25) is 5.56 Å². The molecule has 0 fully saturated rings. The first-order valence-corrected chi connectivity index (χ1v) is 4.38. The van der Waals surface area contributed by atoms with Crippen molar-refractivity contribution >= 4 is 17.6 Å². The first kappa shape index (κ1) is 15.4. The van der Waals surface area contributed by atoms with Crippen molar-refractivity contribution in [2.75, 3.05) is 0 Å². The highest BCUT2D eigenvalue weighted by atomic mass is 35.5. The van der Waals surface area contributed by atoms with Crippen molar-refractivity contribution in [3.63, 3.8) is 0 Å². The summed E-state index contributed by atoms with van der Waals surface area (Å²) in [5.74, 6) is -2.22. The van der Waals surface area contributed by atoms with Crippen molar-refractivity contribution in [3.05, 3.63) is 0 Å². The van der Waals surface area contributed by atoms with Crippen LogP contribution in [0.25, 0.3) is 0 Å².